The molecular formula is C18H20ClFN2O2S. The fourth-order valence-electron chi connectivity index (χ4n) is 3.42. The van der Waals surface area contributed by atoms with E-state index in [0.29, 0.717) is 28.1 Å². The summed E-state index contributed by atoms with van der Waals surface area (Å²) in [6.45, 7) is 0.358. The van der Waals surface area contributed by atoms with Gasteiger partial charge in [-0.05, 0) is 42.3 Å². The predicted octanol–water partition coefficient (Wildman–Crippen LogP) is 3.68. The molecule has 1 saturated carbocycles. The fourth-order valence-corrected chi connectivity index (χ4v) is 4.43. The average molecular weight is 383 g/mol. The third-order valence-corrected chi connectivity index (χ3v) is 5.92. The van der Waals surface area contributed by atoms with Crippen LogP contribution < -0.4 is 10.6 Å². The first-order valence-electron chi connectivity index (χ1n) is 8.39. The molecule has 1 fully saturated rings. The Bertz CT molecular complexity index is 774. The van der Waals surface area contributed by atoms with Gasteiger partial charge in [-0.15, -0.1) is 22.9 Å². The van der Waals surface area contributed by atoms with Crippen molar-refractivity contribution in [1.82, 2.24) is 10.6 Å². The van der Waals surface area contributed by atoms with Gasteiger partial charge in [0.2, 0.25) is 5.91 Å². The lowest BCUT2D eigenvalue weighted by Gasteiger charge is -2.25. The number of benzene rings is 1. The van der Waals surface area contributed by atoms with Gasteiger partial charge in [0.15, 0.2) is 0 Å². The number of fused-ring (bicyclic) bond motifs is 1. The summed E-state index contributed by atoms with van der Waals surface area (Å²) in [5.41, 5.74) is 0.470. The van der Waals surface area contributed by atoms with Crippen LogP contribution >= 0.6 is 22.9 Å². The molecule has 2 amide bonds. The maximum absolute atomic E-state index is 13.8. The smallest absolute Gasteiger partial charge is 0.253 e. The predicted molar refractivity (Wildman–Crippen MR) is 98.7 cm³/mol. The van der Waals surface area contributed by atoms with Gasteiger partial charge in [-0.2, -0.15) is 0 Å². The lowest BCUT2D eigenvalue weighted by Crippen LogP contribution is -2.47. The van der Waals surface area contributed by atoms with E-state index in [1.807, 2.05) is 0 Å². The summed E-state index contributed by atoms with van der Waals surface area (Å²) in [5.74, 6) is -0.571. The second-order valence-corrected chi connectivity index (χ2v) is 7.50. The molecule has 1 atom stereocenters. The number of halogens is 2. The summed E-state index contributed by atoms with van der Waals surface area (Å²) in [4.78, 5) is 24.3. The summed E-state index contributed by atoms with van der Waals surface area (Å²) < 4.78 is 14.5. The van der Waals surface area contributed by atoms with Crippen LogP contribution in [0.15, 0.2) is 23.6 Å². The second-order valence-electron chi connectivity index (χ2n) is 6.32. The zero-order valence-electron chi connectivity index (χ0n) is 13.7. The van der Waals surface area contributed by atoms with Crippen LogP contribution in [0, 0.1) is 11.7 Å². The highest BCUT2D eigenvalue weighted by atomic mass is 35.5. The minimum Gasteiger partial charge on any atom is -0.353 e. The first-order valence-corrected chi connectivity index (χ1v) is 9.81. The van der Waals surface area contributed by atoms with Crippen LogP contribution in [0.2, 0.25) is 0 Å². The van der Waals surface area contributed by atoms with Crippen molar-refractivity contribution in [3.05, 3.63) is 35.0 Å². The van der Waals surface area contributed by atoms with Gasteiger partial charge in [0.05, 0.1) is 5.56 Å². The molecular weight excluding hydrogens is 363 g/mol. The molecule has 1 aliphatic carbocycles. The number of carbonyl (C=O) groups is 2. The van der Waals surface area contributed by atoms with Gasteiger partial charge >= 0.3 is 0 Å². The van der Waals surface area contributed by atoms with Gasteiger partial charge in [0, 0.05) is 22.7 Å². The number of hydrogen-bond acceptors (Lipinski definition) is 3. The Morgan fingerprint density at radius 1 is 1.28 bits per heavy atom. The van der Waals surface area contributed by atoms with Crippen LogP contribution in [-0.4, -0.2) is 30.3 Å². The van der Waals surface area contributed by atoms with Crippen LogP contribution in [0.25, 0.3) is 10.1 Å². The van der Waals surface area contributed by atoms with Crippen molar-refractivity contribution in [1.29, 1.82) is 0 Å². The normalized spacial score (nSPS) is 16.1. The third kappa shape index (κ3) is 4.12. The Labute approximate surface area is 154 Å². The molecule has 1 heterocycles. The molecule has 1 aromatic carbocycles. The van der Waals surface area contributed by atoms with Gasteiger partial charge in [0.25, 0.3) is 5.91 Å². The molecule has 1 aromatic heterocycles. The molecule has 0 aliphatic heterocycles. The molecule has 0 saturated heterocycles. The van der Waals surface area contributed by atoms with Crippen LogP contribution in [-0.2, 0) is 4.79 Å². The first-order chi connectivity index (χ1) is 12.1. The van der Waals surface area contributed by atoms with Crippen molar-refractivity contribution in [3.63, 3.8) is 0 Å². The molecule has 0 radical (unpaired) electrons. The zero-order valence-corrected chi connectivity index (χ0v) is 15.3. The number of thiophene rings is 1. The van der Waals surface area contributed by atoms with E-state index >= 15 is 0 Å². The Balaban J connectivity index is 1.77. The number of hydrogen-bond donors (Lipinski definition) is 2. The first kappa shape index (κ1) is 18.1. The van der Waals surface area contributed by atoms with Crippen LogP contribution in [0.3, 0.4) is 0 Å². The van der Waals surface area contributed by atoms with E-state index in [4.69, 9.17) is 11.6 Å². The largest absolute Gasteiger partial charge is 0.353 e. The van der Waals surface area contributed by atoms with Crippen molar-refractivity contribution in [3.8, 4) is 0 Å². The number of carbonyl (C=O) groups excluding carboxylic acids is 2. The Morgan fingerprint density at radius 2 is 2.04 bits per heavy atom. The molecule has 7 heteroatoms. The van der Waals surface area contributed by atoms with Crippen LogP contribution in [0.1, 0.15) is 36.0 Å². The fraction of sp³-hybridized carbons (Fsp3) is 0.444. The summed E-state index contributed by atoms with van der Waals surface area (Å²) in [6, 6.07) is 4.37. The van der Waals surface area contributed by atoms with E-state index < -0.39 is 0 Å². The second kappa shape index (κ2) is 8.15. The summed E-state index contributed by atoms with van der Waals surface area (Å²) in [7, 11) is 0. The van der Waals surface area contributed by atoms with Crippen molar-refractivity contribution >= 4 is 44.8 Å². The molecule has 25 heavy (non-hydrogen) atoms. The highest BCUT2D eigenvalue weighted by molar-refractivity contribution is 7.17. The van der Waals surface area contributed by atoms with Crippen LogP contribution in [0.4, 0.5) is 4.39 Å². The molecule has 2 aromatic rings. The summed E-state index contributed by atoms with van der Waals surface area (Å²) >= 11 is 6.88. The van der Waals surface area contributed by atoms with Crippen LogP contribution in [0.5, 0.6) is 0 Å². The van der Waals surface area contributed by atoms with Gasteiger partial charge in [-0.1, -0.05) is 12.8 Å². The quantitative estimate of drug-likeness (QED) is 0.748. The van der Waals surface area contributed by atoms with E-state index in [9.17, 15) is 14.0 Å². The number of nitrogens with one attached hydrogen (secondary N) is 2. The molecule has 1 aliphatic rings. The highest BCUT2D eigenvalue weighted by Gasteiger charge is 2.27. The molecule has 0 bridgehead atoms. The third-order valence-electron chi connectivity index (χ3n) is 4.73. The maximum atomic E-state index is 13.8. The molecule has 4 nitrogen and oxygen atoms in total. The Morgan fingerprint density at radius 3 is 2.76 bits per heavy atom. The highest BCUT2D eigenvalue weighted by Crippen LogP contribution is 2.30. The van der Waals surface area contributed by atoms with Gasteiger partial charge in [0.1, 0.15) is 11.7 Å². The molecule has 0 spiro atoms. The van der Waals surface area contributed by atoms with E-state index in [1.54, 1.807) is 11.4 Å². The standard InChI is InChI=1S/C18H20ClFN2O2S/c19-9-16(23)21-10-15(11-3-1-2-4-11)22-18(24)13-5-6-14(20)12-7-8-25-17(12)13/h5-8,11,15H,1-4,9-10H2,(H,21,23)(H,22,24). The van der Waals surface area contributed by atoms with Crippen molar-refractivity contribution < 1.29 is 14.0 Å². The summed E-state index contributed by atoms with van der Waals surface area (Å²) in [6.07, 6.45) is 4.32. The maximum Gasteiger partial charge on any atom is 0.253 e. The van der Waals surface area contributed by atoms with E-state index in [-0.39, 0.29) is 29.6 Å². The van der Waals surface area contributed by atoms with E-state index in [0.717, 1.165) is 25.7 Å². The molecule has 2 N–H and O–H groups in total. The Kier molecular flexibility index (Phi) is 5.91. The average Bonchev–Trinajstić information content (AvgIpc) is 3.30. The number of amides is 2. The van der Waals surface area contributed by atoms with E-state index in [2.05, 4.69) is 10.6 Å². The molecule has 3 rings (SSSR count). The lowest BCUT2D eigenvalue weighted by atomic mass is 9.97. The molecule has 1 unspecified atom stereocenters. The van der Waals surface area contributed by atoms with Gasteiger partial charge < -0.3 is 10.6 Å². The van der Waals surface area contributed by atoms with E-state index in [1.165, 1.54) is 23.5 Å². The van der Waals surface area contributed by atoms with Gasteiger partial charge in [-0.3, -0.25) is 9.59 Å². The molecule has 134 valence electrons. The number of alkyl halides is 1. The number of rotatable bonds is 6. The van der Waals surface area contributed by atoms with Gasteiger partial charge in [-0.25, -0.2) is 4.39 Å². The Hall–Kier alpha value is -1.66. The lowest BCUT2D eigenvalue weighted by molar-refractivity contribution is -0.118. The zero-order chi connectivity index (χ0) is 17.8. The summed E-state index contributed by atoms with van der Waals surface area (Å²) in [5, 5.41) is 8.05. The minimum absolute atomic E-state index is 0.0981. The SMILES string of the molecule is O=C(CCl)NCC(NC(=O)c1ccc(F)c2ccsc12)C1CCCC1. The minimum atomic E-state index is -0.325. The van der Waals surface area contributed by atoms with Crippen molar-refractivity contribution in [2.45, 2.75) is 31.7 Å². The van der Waals surface area contributed by atoms with Crippen molar-refractivity contribution in [2.75, 3.05) is 12.4 Å². The topological polar surface area (TPSA) is 58.2 Å². The van der Waals surface area contributed by atoms with Crippen molar-refractivity contribution in [2.24, 2.45) is 5.92 Å². The monoisotopic (exact) mass is 382 g/mol.